The van der Waals surface area contributed by atoms with E-state index in [0.29, 0.717) is 18.2 Å². The van der Waals surface area contributed by atoms with Crippen molar-refractivity contribution in [2.75, 3.05) is 6.61 Å². The standard InChI is InChI=1S/C14H22N4O2/c1-3-18-10(7-8(2)17-18)14(19)16-12-11(15)9-5-4-6-20-13(9)12/h7,9,11-13H,3-6,15H2,1-2H3,(H,16,19). The molecule has 0 bridgehead atoms. The van der Waals surface area contributed by atoms with Crippen LogP contribution in [-0.4, -0.2) is 40.5 Å². The molecule has 1 saturated carbocycles. The van der Waals surface area contributed by atoms with Gasteiger partial charge in [-0.15, -0.1) is 0 Å². The third-order valence-corrected chi connectivity index (χ3v) is 4.41. The van der Waals surface area contributed by atoms with E-state index in [9.17, 15) is 4.79 Å². The van der Waals surface area contributed by atoms with Crippen molar-refractivity contribution in [1.29, 1.82) is 0 Å². The Morgan fingerprint density at radius 1 is 1.65 bits per heavy atom. The predicted octanol–water partition coefficient (Wildman–Crippen LogP) is 0.446. The minimum Gasteiger partial charge on any atom is -0.376 e. The Balaban J connectivity index is 1.70. The molecule has 1 aliphatic carbocycles. The van der Waals surface area contributed by atoms with Crippen LogP contribution >= 0.6 is 0 Å². The molecule has 20 heavy (non-hydrogen) atoms. The minimum atomic E-state index is -0.111. The molecule has 2 heterocycles. The van der Waals surface area contributed by atoms with Gasteiger partial charge >= 0.3 is 0 Å². The minimum absolute atomic E-state index is 0.00310. The zero-order valence-electron chi connectivity index (χ0n) is 12.0. The van der Waals surface area contributed by atoms with E-state index in [0.717, 1.165) is 25.1 Å². The average molecular weight is 278 g/mol. The number of ether oxygens (including phenoxy) is 1. The fourth-order valence-corrected chi connectivity index (χ4v) is 3.32. The summed E-state index contributed by atoms with van der Waals surface area (Å²) in [7, 11) is 0. The molecule has 1 aliphatic heterocycles. The lowest BCUT2D eigenvalue weighted by atomic mass is 9.68. The second-order valence-electron chi connectivity index (χ2n) is 5.70. The van der Waals surface area contributed by atoms with Gasteiger partial charge in [0.05, 0.1) is 17.8 Å². The van der Waals surface area contributed by atoms with Crippen molar-refractivity contribution in [2.45, 2.75) is 51.4 Å². The first kappa shape index (κ1) is 13.6. The maximum Gasteiger partial charge on any atom is 0.269 e. The van der Waals surface area contributed by atoms with Crippen LogP contribution in [-0.2, 0) is 11.3 Å². The second-order valence-corrected chi connectivity index (χ2v) is 5.70. The Morgan fingerprint density at radius 2 is 2.45 bits per heavy atom. The molecule has 110 valence electrons. The van der Waals surface area contributed by atoms with Crippen molar-refractivity contribution in [2.24, 2.45) is 11.7 Å². The van der Waals surface area contributed by atoms with Crippen LogP contribution in [0.1, 0.15) is 35.9 Å². The number of carbonyl (C=O) groups excluding carboxylic acids is 1. The van der Waals surface area contributed by atoms with Crippen LogP contribution in [0, 0.1) is 12.8 Å². The van der Waals surface area contributed by atoms with Gasteiger partial charge in [-0.2, -0.15) is 5.10 Å². The van der Waals surface area contributed by atoms with Crippen molar-refractivity contribution in [3.63, 3.8) is 0 Å². The predicted molar refractivity (Wildman–Crippen MR) is 74.3 cm³/mol. The summed E-state index contributed by atoms with van der Waals surface area (Å²) in [5.74, 6) is 0.285. The monoisotopic (exact) mass is 278 g/mol. The summed E-state index contributed by atoms with van der Waals surface area (Å²) in [6.07, 6.45) is 2.25. The van der Waals surface area contributed by atoms with Crippen LogP contribution in [0.4, 0.5) is 0 Å². The molecule has 2 aliphatic rings. The highest BCUT2D eigenvalue weighted by molar-refractivity contribution is 5.93. The van der Waals surface area contributed by atoms with Crippen molar-refractivity contribution in [3.05, 3.63) is 17.5 Å². The van der Waals surface area contributed by atoms with Crippen molar-refractivity contribution < 1.29 is 9.53 Å². The fourth-order valence-electron chi connectivity index (χ4n) is 3.32. The molecule has 1 saturated heterocycles. The van der Waals surface area contributed by atoms with Gasteiger partial charge < -0.3 is 15.8 Å². The normalized spacial score (nSPS) is 32.4. The summed E-state index contributed by atoms with van der Waals surface area (Å²) >= 11 is 0. The van der Waals surface area contributed by atoms with E-state index >= 15 is 0 Å². The van der Waals surface area contributed by atoms with E-state index in [1.165, 1.54) is 0 Å². The molecule has 1 aromatic rings. The first-order valence-electron chi connectivity index (χ1n) is 7.34. The molecule has 0 radical (unpaired) electrons. The number of carbonyl (C=O) groups is 1. The van der Waals surface area contributed by atoms with Gasteiger partial charge in [0.1, 0.15) is 5.69 Å². The van der Waals surface area contributed by atoms with E-state index in [4.69, 9.17) is 10.5 Å². The maximum atomic E-state index is 12.4. The number of nitrogens with two attached hydrogens (primary N) is 1. The number of hydrogen-bond donors (Lipinski definition) is 2. The van der Waals surface area contributed by atoms with Gasteiger partial charge in [-0.1, -0.05) is 0 Å². The molecule has 0 spiro atoms. The Kier molecular flexibility index (Phi) is 3.52. The fraction of sp³-hybridized carbons (Fsp3) is 0.714. The lowest BCUT2D eigenvalue weighted by molar-refractivity contribution is -0.117. The van der Waals surface area contributed by atoms with Gasteiger partial charge in [0.2, 0.25) is 0 Å². The highest BCUT2D eigenvalue weighted by Gasteiger charge is 2.51. The summed E-state index contributed by atoms with van der Waals surface area (Å²) in [6.45, 7) is 5.30. The summed E-state index contributed by atoms with van der Waals surface area (Å²) in [4.78, 5) is 12.4. The maximum absolute atomic E-state index is 12.4. The smallest absolute Gasteiger partial charge is 0.269 e. The molecule has 4 unspecified atom stereocenters. The van der Waals surface area contributed by atoms with E-state index in [1.54, 1.807) is 4.68 Å². The topological polar surface area (TPSA) is 82.2 Å². The lowest BCUT2D eigenvalue weighted by Crippen LogP contribution is -2.72. The highest BCUT2D eigenvalue weighted by Crippen LogP contribution is 2.37. The number of rotatable bonds is 3. The van der Waals surface area contributed by atoms with E-state index in [1.807, 2.05) is 19.9 Å². The third kappa shape index (κ3) is 2.13. The Hall–Kier alpha value is -1.40. The SMILES string of the molecule is CCn1nc(C)cc1C(=O)NC1C(N)C2CCCOC21. The first-order chi connectivity index (χ1) is 9.61. The van der Waals surface area contributed by atoms with Crippen molar-refractivity contribution in [1.82, 2.24) is 15.1 Å². The molecule has 4 atom stereocenters. The third-order valence-electron chi connectivity index (χ3n) is 4.41. The Labute approximate surface area is 118 Å². The lowest BCUT2D eigenvalue weighted by Gasteiger charge is -2.52. The van der Waals surface area contributed by atoms with Gasteiger partial charge in [-0.3, -0.25) is 9.48 Å². The van der Waals surface area contributed by atoms with Crippen LogP contribution in [0.25, 0.3) is 0 Å². The second kappa shape index (κ2) is 5.18. The molecule has 6 nitrogen and oxygen atoms in total. The molecular weight excluding hydrogens is 256 g/mol. The molecule has 6 heteroatoms. The molecule has 1 amide bonds. The number of aromatic nitrogens is 2. The van der Waals surface area contributed by atoms with Crippen molar-refractivity contribution >= 4 is 5.91 Å². The van der Waals surface area contributed by atoms with Crippen LogP contribution in [0.2, 0.25) is 0 Å². The van der Waals surface area contributed by atoms with E-state index < -0.39 is 0 Å². The van der Waals surface area contributed by atoms with Gasteiger partial charge in [-0.05, 0) is 32.8 Å². The molecule has 3 N–H and O–H groups in total. The molecule has 3 rings (SSSR count). The van der Waals surface area contributed by atoms with Crippen molar-refractivity contribution in [3.8, 4) is 0 Å². The number of amides is 1. The molecule has 2 fully saturated rings. The molecule has 1 aromatic heterocycles. The van der Waals surface area contributed by atoms with E-state index in [2.05, 4.69) is 10.4 Å². The number of nitrogens with zero attached hydrogens (tertiary/aromatic N) is 2. The van der Waals surface area contributed by atoms with E-state index in [-0.39, 0.29) is 24.1 Å². The summed E-state index contributed by atoms with van der Waals surface area (Å²) in [6, 6.07) is 1.74. The van der Waals surface area contributed by atoms with Gasteiger partial charge in [0, 0.05) is 25.1 Å². The number of hydrogen-bond acceptors (Lipinski definition) is 4. The Bertz CT molecular complexity index is 513. The molecule has 0 aromatic carbocycles. The largest absolute Gasteiger partial charge is 0.376 e. The zero-order valence-corrected chi connectivity index (χ0v) is 12.0. The molecular formula is C14H22N4O2. The van der Waals surface area contributed by atoms with Crippen LogP contribution in [0.5, 0.6) is 0 Å². The average Bonchev–Trinajstić information content (AvgIpc) is 2.85. The number of nitrogens with one attached hydrogen (secondary N) is 1. The first-order valence-corrected chi connectivity index (χ1v) is 7.34. The zero-order chi connectivity index (χ0) is 14.3. The van der Waals surface area contributed by atoms with Crippen LogP contribution < -0.4 is 11.1 Å². The number of aryl methyl sites for hydroxylation is 2. The Morgan fingerprint density at radius 3 is 3.20 bits per heavy atom. The van der Waals surface area contributed by atoms with Crippen LogP contribution in [0.3, 0.4) is 0 Å². The van der Waals surface area contributed by atoms with Gasteiger partial charge in [0.15, 0.2) is 0 Å². The quantitative estimate of drug-likeness (QED) is 0.841. The summed E-state index contributed by atoms with van der Waals surface area (Å²) < 4.78 is 7.46. The summed E-state index contributed by atoms with van der Waals surface area (Å²) in [5, 5.41) is 7.32. The number of fused-ring (bicyclic) bond motifs is 1. The van der Waals surface area contributed by atoms with Gasteiger partial charge in [-0.25, -0.2) is 0 Å². The summed E-state index contributed by atoms with van der Waals surface area (Å²) in [5.41, 5.74) is 7.61. The van der Waals surface area contributed by atoms with Gasteiger partial charge in [0.25, 0.3) is 5.91 Å². The van der Waals surface area contributed by atoms with Crippen LogP contribution in [0.15, 0.2) is 6.07 Å². The highest BCUT2D eigenvalue weighted by atomic mass is 16.5.